The van der Waals surface area contributed by atoms with Crippen molar-refractivity contribution < 1.29 is 18.0 Å². The van der Waals surface area contributed by atoms with E-state index in [4.69, 9.17) is 11.6 Å². The standard InChI is InChI=1S/C14H12ClF3N2O/c1-8-12(13(21)14(16,17)18)9(2)20(19-8)7-10-5-3-4-6-11(10)15/h3-6H,7H2,1-2H3. The lowest BCUT2D eigenvalue weighted by molar-refractivity contribution is -0.0886. The first-order valence-corrected chi connectivity index (χ1v) is 6.48. The molecule has 0 aliphatic rings. The van der Waals surface area contributed by atoms with E-state index in [0.717, 1.165) is 5.56 Å². The van der Waals surface area contributed by atoms with E-state index in [9.17, 15) is 18.0 Å². The highest BCUT2D eigenvalue weighted by Crippen LogP contribution is 2.26. The lowest BCUT2D eigenvalue weighted by atomic mass is 10.1. The van der Waals surface area contributed by atoms with Crippen LogP contribution in [0.25, 0.3) is 0 Å². The maximum absolute atomic E-state index is 12.6. The van der Waals surface area contributed by atoms with Crippen molar-refractivity contribution in [2.24, 2.45) is 0 Å². The molecule has 7 heteroatoms. The number of aromatic nitrogens is 2. The number of Topliss-reactive ketones (excluding diaryl/α,β-unsaturated/α-hetero) is 1. The number of carbonyl (C=O) groups excluding carboxylic acids is 1. The Hall–Kier alpha value is -1.82. The van der Waals surface area contributed by atoms with Crippen LogP contribution in [0.3, 0.4) is 0 Å². The molecule has 1 aromatic heterocycles. The van der Waals surface area contributed by atoms with Gasteiger partial charge in [-0.1, -0.05) is 29.8 Å². The normalized spacial score (nSPS) is 11.7. The topological polar surface area (TPSA) is 34.9 Å². The maximum atomic E-state index is 12.6. The Morgan fingerprint density at radius 1 is 1.29 bits per heavy atom. The minimum absolute atomic E-state index is 0.0573. The molecule has 3 nitrogen and oxygen atoms in total. The Kier molecular flexibility index (Phi) is 4.09. The van der Waals surface area contributed by atoms with E-state index < -0.39 is 17.5 Å². The molecule has 0 bridgehead atoms. The van der Waals surface area contributed by atoms with Gasteiger partial charge >= 0.3 is 6.18 Å². The maximum Gasteiger partial charge on any atom is 0.455 e. The van der Waals surface area contributed by atoms with E-state index in [1.807, 2.05) is 0 Å². The summed E-state index contributed by atoms with van der Waals surface area (Å²) in [5, 5.41) is 4.51. The molecule has 0 aliphatic carbocycles. The molecule has 0 aliphatic heterocycles. The Balaban J connectivity index is 2.41. The summed E-state index contributed by atoms with van der Waals surface area (Å²) in [6, 6.07) is 6.97. The van der Waals surface area contributed by atoms with E-state index in [-0.39, 0.29) is 17.9 Å². The number of nitrogens with zero attached hydrogens (tertiary/aromatic N) is 2. The highest BCUT2D eigenvalue weighted by Gasteiger charge is 2.42. The number of carbonyl (C=O) groups is 1. The average molecular weight is 317 g/mol. The van der Waals surface area contributed by atoms with Crippen LogP contribution in [0, 0.1) is 13.8 Å². The van der Waals surface area contributed by atoms with E-state index in [1.165, 1.54) is 18.5 Å². The quantitative estimate of drug-likeness (QED) is 0.804. The average Bonchev–Trinajstić information content (AvgIpc) is 2.65. The summed E-state index contributed by atoms with van der Waals surface area (Å²) in [5.74, 6) is -1.87. The van der Waals surface area contributed by atoms with Crippen LogP contribution in [-0.2, 0) is 6.54 Å². The molecule has 112 valence electrons. The Labute approximate surface area is 124 Å². The largest absolute Gasteiger partial charge is 0.455 e. The van der Waals surface area contributed by atoms with E-state index in [0.29, 0.717) is 5.02 Å². The second kappa shape index (κ2) is 5.52. The van der Waals surface area contributed by atoms with Crippen LogP contribution in [0.5, 0.6) is 0 Å². The zero-order valence-corrected chi connectivity index (χ0v) is 12.1. The van der Waals surface area contributed by atoms with Crippen LogP contribution in [-0.4, -0.2) is 21.7 Å². The molecule has 0 radical (unpaired) electrons. The van der Waals surface area contributed by atoms with Gasteiger partial charge in [-0.3, -0.25) is 9.48 Å². The molecular weight excluding hydrogens is 305 g/mol. The Bertz CT molecular complexity index is 692. The summed E-state index contributed by atoms with van der Waals surface area (Å²) in [7, 11) is 0. The molecule has 0 spiro atoms. The smallest absolute Gasteiger partial charge is 0.284 e. The number of hydrogen-bond donors (Lipinski definition) is 0. The molecule has 0 saturated carbocycles. The molecule has 0 atom stereocenters. The molecule has 21 heavy (non-hydrogen) atoms. The van der Waals surface area contributed by atoms with Crippen molar-refractivity contribution >= 4 is 17.4 Å². The second-order valence-electron chi connectivity index (χ2n) is 4.62. The van der Waals surface area contributed by atoms with Crippen molar-refractivity contribution in [1.82, 2.24) is 9.78 Å². The van der Waals surface area contributed by atoms with E-state index in [1.54, 1.807) is 24.3 Å². The summed E-state index contributed by atoms with van der Waals surface area (Å²) in [4.78, 5) is 11.4. The molecule has 0 saturated heterocycles. The fourth-order valence-corrected chi connectivity index (χ4v) is 2.30. The van der Waals surface area contributed by atoms with Crippen LogP contribution in [0.2, 0.25) is 5.02 Å². The lowest BCUT2D eigenvalue weighted by Gasteiger charge is -2.08. The SMILES string of the molecule is Cc1nn(Cc2ccccc2Cl)c(C)c1C(=O)C(F)(F)F. The summed E-state index contributed by atoms with van der Waals surface area (Å²) in [5.41, 5.74) is 0.557. The first-order chi connectivity index (χ1) is 9.71. The summed E-state index contributed by atoms with van der Waals surface area (Å²) in [6.07, 6.45) is -4.91. The first-order valence-electron chi connectivity index (χ1n) is 6.10. The number of halogens is 4. The lowest BCUT2D eigenvalue weighted by Crippen LogP contribution is -2.24. The predicted molar refractivity (Wildman–Crippen MR) is 72.6 cm³/mol. The van der Waals surface area contributed by atoms with Crippen LogP contribution in [0.15, 0.2) is 24.3 Å². The molecule has 0 unspecified atom stereocenters. The van der Waals surface area contributed by atoms with Gasteiger partial charge in [0.25, 0.3) is 5.78 Å². The van der Waals surface area contributed by atoms with Crippen LogP contribution < -0.4 is 0 Å². The Morgan fingerprint density at radius 3 is 2.48 bits per heavy atom. The van der Waals surface area contributed by atoms with Gasteiger partial charge < -0.3 is 0 Å². The molecule has 0 fully saturated rings. The molecule has 1 heterocycles. The predicted octanol–water partition coefficient (Wildman–Crippen LogP) is 3.95. The third kappa shape index (κ3) is 3.10. The van der Waals surface area contributed by atoms with Gasteiger partial charge in [0.15, 0.2) is 0 Å². The molecule has 2 aromatic rings. The number of aryl methyl sites for hydroxylation is 1. The molecular formula is C14H12ClF3N2O. The molecule has 2 rings (SSSR count). The minimum Gasteiger partial charge on any atom is -0.284 e. The minimum atomic E-state index is -4.91. The van der Waals surface area contributed by atoms with Gasteiger partial charge in [0.05, 0.1) is 17.8 Å². The zero-order chi connectivity index (χ0) is 15.8. The number of hydrogen-bond acceptors (Lipinski definition) is 2. The molecule has 0 amide bonds. The van der Waals surface area contributed by atoms with Crippen molar-refractivity contribution in [2.75, 3.05) is 0 Å². The second-order valence-corrected chi connectivity index (χ2v) is 5.03. The van der Waals surface area contributed by atoms with Crippen molar-refractivity contribution in [3.63, 3.8) is 0 Å². The number of ketones is 1. The van der Waals surface area contributed by atoms with E-state index >= 15 is 0 Å². The van der Waals surface area contributed by atoms with Gasteiger partial charge in [-0.05, 0) is 25.5 Å². The first kappa shape index (κ1) is 15.6. The van der Waals surface area contributed by atoms with Gasteiger partial charge in [-0.15, -0.1) is 0 Å². The van der Waals surface area contributed by atoms with Crippen molar-refractivity contribution in [3.8, 4) is 0 Å². The highest BCUT2D eigenvalue weighted by atomic mass is 35.5. The summed E-state index contributed by atoms with van der Waals surface area (Å²) < 4.78 is 39.1. The van der Waals surface area contributed by atoms with Crippen molar-refractivity contribution in [1.29, 1.82) is 0 Å². The monoisotopic (exact) mass is 316 g/mol. The van der Waals surface area contributed by atoms with Crippen LogP contribution >= 0.6 is 11.6 Å². The van der Waals surface area contributed by atoms with Gasteiger partial charge in [-0.25, -0.2) is 0 Å². The fourth-order valence-electron chi connectivity index (χ4n) is 2.11. The van der Waals surface area contributed by atoms with Gasteiger partial charge in [0, 0.05) is 10.7 Å². The highest BCUT2D eigenvalue weighted by molar-refractivity contribution is 6.31. The van der Waals surface area contributed by atoms with Crippen molar-refractivity contribution in [2.45, 2.75) is 26.6 Å². The van der Waals surface area contributed by atoms with E-state index in [2.05, 4.69) is 5.10 Å². The third-order valence-electron chi connectivity index (χ3n) is 3.14. The number of benzene rings is 1. The molecule has 0 N–H and O–H groups in total. The van der Waals surface area contributed by atoms with Crippen LogP contribution in [0.4, 0.5) is 13.2 Å². The Morgan fingerprint density at radius 2 is 1.90 bits per heavy atom. The number of alkyl halides is 3. The van der Waals surface area contributed by atoms with Gasteiger partial charge in [-0.2, -0.15) is 18.3 Å². The fraction of sp³-hybridized carbons (Fsp3) is 0.286. The van der Waals surface area contributed by atoms with Crippen LogP contribution in [0.1, 0.15) is 27.3 Å². The van der Waals surface area contributed by atoms with Crippen molar-refractivity contribution in [3.05, 3.63) is 51.8 Å². The molecule has 1 aromatic carbocycles. The number of rotatable bonds is 3. The third-order valence-corrected chi connectivity index (χ3v) is 3.51. The van der Waals surface area contributed by atoms with Gasteiger partial charge in [0.2, 0.25) is 0 Å². The summed E-state index contributed by atoms with van der Waals surface area (Å²) in [6.45, 7) is 3.03. The zero-order valence-electron chi connectivity index (χ0n) is 11.3. The summed E-state index contributed by atoms with van der Waals surface area (Å²) >= 11 is 6.02. The van der Waals surface area contributed by atoms with Gasteiger partial charge in [0.1, 0.15) is 0 Å².